The summed E-state index contributed by atoms with van der Waals surface area (Å²) in [5, 5.41) is 14.7. The molecule has 0 spiro atoms. The fourth-order valence-electron chi connectivity index (χ4n) is 3.45. The minimum atomic E-state index is -0.794. The van der Waals surface area contributed by atoms with Crippen molar-refractivity contribution in [3.63, 3.8) is 0 Å². The van der Waals surface area contributed by atoms with Crippen LogP contribution in [0.15, 0.2) is 35.6 Å². The Hall–Kier alpha value is -3.10. The Kier molecular flexibility index (Phi) is 3.75. The van der Waals surface area contributed by atoms with Crippen molar-refractivity contribution in [1.29, 1.82) is 0 Å². The number of H-pyrrole nitrogens is 1. The number of benzene rings is 1. The van der Waals surface area contributed by atoms with Crippen LogP contribution in [0.25, 0.3) is 10.9 Å². The molecule has 0 bridgehead atoms. The largest absolute Gasteiger partial charge is 0.324 e. The molecule has 2 N–H and O–H groups in total. The maximum Gasteiger partial charge on any atom is 0.258 e. The predicted molar refractivity (Wildman–Crippen MR) is 89.9 cm³/mol. The molecule has 2 heterocycles. The van der Waals surface area contributed by atoms with Crippen molar-refractivity contribution >= 4 is 22.5 Å². The lowest BCUT2D eigenvalue weighted by Crippen LogP contribution is -2.47. The molecule has 1 saturated carbocycles. The Morgan fingerprint density at radius 3 is 2.84 bits per heavy atom. The first-order valence-corrected chi connectivity index (χ1v) is 8.21. The molecule has 1 aliphatic rings. The molecule has 1 amide bonds. The molecule has 1 aromatic carbocycles. The van der Waals surface area contributed by atoms with E-state index in [2.05, 4.69) is 30.8 Å². The summed E-state index contributed by atoms with van der Waals surface area (Å²) in [4.78, 5) is 31.7. The zero-order chi connectivity index (χ0) is 17.3. The Bertz CT molecular complexity index is 958. The molecule has 9 heteroatoms. The Balaban J connectivity index is 1.68. The lowest BCUT2D eigenvalue weighted by atomic mass is 9.81. The third-order valence-electron chi connectivity index (χ3n) is 4.79. The first-order valence-electron chi connectivity index (χ1n) is 8.21. The number of nitrogens with zero attached hydrogens (tertiary/aromatic N) is 5. The van der Waals surface area contributed by atoms with Gasteiger partial charge in [0.05, 0.1) is 17.2 Å². The van der Waals surface area contributed by atoms with Gasteiger partial charge in [-0.15, -0.1) is 5.10 Å². The monoisotopic (exact) mass is 339 g/mol. The SMILES string of the molecule is O=C(Nc1ccc2nc[nH]c(=O)c2c1)C1(n2cnnn2)CCCCC1. The Morgan fingerprint density at radius 1 is 1.24 bits per heavy atom. The van der Waals surface area contributed by atoms with Gasteiger partial charge in [-0.1, -0.05) is 19.3 Å². The van der Waals surface area contributed by atoms with Crippen LogP contribution in [0.3, 0.4) is 0 Å². The first-order chi connectivity index (χ1) is 12.2. The van der Waals surface area contributed by atoms with E-state index in [1.54, 1.807) is 22.9 Å². The average molecular weight is 339 g/mol. The first kappa shape index (κ1) is 15.4. The molecule has 0 radical (unpaired) electrons. The van der Waals surface area contributed by atoms with Crippen LogP contribution in [-0.4, -0.2) is 36.1 Å². The van der Waals surface area contributed by atoms with Crippen molar-refractivity contribution in [2.24, 2.45) is 0 Å². The normalized spacial score (nSPS) is 16.6. The van der Waals surface area contributed by atoms with E-state index in [0.717, 1.165) is 19.3 Å². The minimum absolute atomic E-state index is 0.167. The van der Waals surface area contributed by atoms with Crippen LogP contribution in [0.1, 0.15) is 32.1 Å². The highest BCUT2D eigenvalue weighted by molar-refractivity contribution is 5.98. The van der Waals surface area contributed by atoms with E-state index in [0.29, 0.717) is 29.4 Å². The van der Waals surface area contributed by atoms with Crippen molar-refractivity contribution < 1.29 is 4.79 Å². The van der Waals surface area contributed by atoms with Crippen molar-refractivity contribution in [1.82, 2.24) is 30.2 Å². The number of rotatable bonds is 3. The number of nitrogens with one attached hydrogen (secondary N) is 2. The van der Waals surface area contributed by atoms with Gasteiger partial charge in [-0.25, -0.2) is 9.67 Å². The minimum Gasteiger partial charge on any atom is -0.324 e. The third-order valence-corrected chi connectivity index (χ3v) is 4.79. The maximum atomic E-state index is 13.1. The molecule has 0 saturated heterocycles. The molecular weight excluding hydrogens is 322 g/mol. The summed E-state index contributed by atoms with van der Waals surface area (Å²) < 4.78 is 1.55. The highest BCUT2D eigenvalue weighted by Gasteiger charge is 2.42. The number of carbonyl (C=O) groups excluding carboxylic acids is 1. The second kappa shape index (κ2) is 6.08. The molecule has 3 aromatic rings. The smallest absolute Gasteiger partial charge is 0.258 e. The standard InChI is InChI=1S/C16H17N7O2/c24-14-12-8-11(4-5-13(12)17-9-18-14)20-15(25)16(6-2-1-3-7-16)23-10-19-21-22-23/h4-5,8-10H,1-3,6-7H2,(H,20,25)(H,17,18,24). The van der Waals surface area contributed by atoms with Gasteiger partial charge in [0.2, 0.25) is 0 Å². The van der Waals surface area contributed by atoms with Crippen LogP contribution < -0.4 is 10.9 Å². The molecule has 25 heavy (non-hydrogen) atoms. The predicted octanol–water partition coefficient (Wildman–Crippen LogP) is 1.21. The van der Waals surface area contributed by atoms with Crippen molar-refractivity contribution in [2.75, 3.05) is 5.32 Å². The van der Waals surface area contributed by atoms with Gasteiger partial charge >= 0.3 is 0 Å². The Labute approximate surface area is 142 Å². The van der Waals surface area contributed by atoms with Crippen LogP contribution in [0.4, 0.5) is 5.69 Å². The van der Waals surface area contributed by atoms with E-state index in [4.69, 9.17) is 0 Å². The highest BCUT2D eigenvalue weighted by Crippen LogP contribution is 2.35. The number of carbonyl (C=O) groups is 1. The molecule has 0 aliphatic heterocycles. The molecule has 0 unspecified atom stereocenters. The van der Waals surface area contributed by atoms with Crippen molar-refractivity contribution in [3.05, 3.63) is 41.2 Å². The van der Waals surface area contributed by atoms with E-state index < -0.39 is 5.54 Å². The lowest BCUT2D eigenvalue weighted by Gasteiger charge is -2.35. The number of hydrogen-bond donors (Lipinski definition) is 2. The summed E-state index contributed by atoms with van der Waals surface area (Å²) in [5.74, 6) is -0.167. The summed E-state index contributed by atoms with van der Waals surface area (Å²) in [6.45, 7) is 0. The van der Waals surface area contributed by atoms with Gasteiger partial charge in [-0.05, 0) is 41.5 Å². The van der Waals surface area contributed by atoms with Gasteiger partial charge in [0.1, 0.15) is 11.9 Å². The van der Waals surface area contributed by atoms with E-state index in [1.807, 2.05) is 0 Å². The van der Waals surface area contributed by atoms with Gasteiger partial charge in [0.15, 0.2) is 0 Å². The highest BCUT2D eigenvalue weighted by atomic mass is 16.2. The number of aromatic nitrogens is 6. The fraction of sp³-hybridized carbons (Fsp3) is 0.375. The third kappa shape index (κ3) is 2.67. The quantitative estimate of drug-likeness (QED) is 0.740. The molecule has 9 nitrogen and oxygen atoms in total. The van der Waals surface area contributed by atoms with Gasteiger partial charge in [0, 0.05) is 5.69 Å². The molecule has 1 aliphatic carbocycles. The van der Waals surface area contributed by atoms with Crippen LogP contribution in [0.5, 0.6) is 0 Å². The van der Waals surface area contributed by atoms with Crippen LogP contribution >= 0.6 is 0 Å². The fourth-order valence-corrected chi connectivity index (χ4v) is 3.45. The summed E-state index contributed by atoms with van der Waals surface area (Å²) in [7, 11) is 0. The number of tetrazole rings is 1. The zero-order valence-electron chi connectivity index (χ0n) is 13.5. The van der Waals surface area contributed by atoms with E-state index >= 15 is 0 Å². The number of hydrogen-bond acceptors (Lipinski definition) is 6. The summed E-state index contributed by atoms with van der Waals surface area (Å²) in [6, 6.07) is 5.09. The second-order valence-electron chi connectivity index (χ2n) is 6.26. The number of amides is 1. The zero-order valence-corrected chi connectivity index (χ0v) is 13.5. The summed E-state index contributed by atoms with van der Waals surface area (Å²) >= 11 is 0. The number of aromatic amines is 1. The molecule has 4 rings (SSSR count). The maximum absolute atomic E-state index is 13.1. The Morgan fingerprint density at radius 2 is 2.08 bits per heavy atom. The van der Waals surface area contributed by atoms with Gasteiger partial charge in [0.25, 0.3) is 11.5 Å². The van der Waals surface area contributed by atoms with Gasteiger partial charge < -0.3 is 10.3 Å². The van der Waals surface area contributed by atoms with Gasteiger partial charge in [-0.2, -0.15) is 0 Å². The van der Waals surface area contributed by atoms with Crippen molar-refractivity contribution in [3.8, 4) is 0 Å². The molecular formula is C16H17N7O2. The number of fused-ring (bicyclic) bond motifs is 1. The van der Waals surface area contributed by atoms with Crippen LogP contribution in [-0.2, 0) is 10.3 Å². The second-order valence-corrected chi connectivity index (χ2v) is 6.26. The summed E-state index contributed by atoms with van der Waals surface area (Å²) in [5.41, 5.74) is 0.0931. The van der Waals surface area contributed by atoms with E-state index in [-0.39, 0.29) is 11.5 Å². The lowest BCUT2D eigenvalue weighted by molar-refractivity contribution is -0.126. The van der Waals surface area contributed by atoms with Gasteiger partial charge in [-0.3, -0.25) is 9.59 Å². The van der Waals surface area contributed by atoms with Crippen LogP contribution in [0, 0.1) is 0 Å². The molecule has 1 fully saturated rings. The number of anilines is 1. The van der Waals surface area contributed by atoms with E-state index in [9.17, 15) is 9.59 Å². The average Bonchev–Trinajstić information content (AvgIpc) is 3.18. The van der Waals surface area contributed by atoms with Crippen molar-refractivity contribution in [2.45, 2.75) is 37.6 Å². The van der Waals surface area contributed by atoms with E-state index in [1.165, 1.54) is 12.7 Å². The molecule has 2 aromatic heterocycles. The topological polar surface area (TPSA) is 118 Å². The van der Waals surface area contributed by atoms with Crippen LogP contribution in [0.2, 0.25) is 0 Å². The molecule has 0 atom stereocenters. The summed E-state index contributed by atoms with van der Waals surface area (Å²) in [6.07, 6.45) is 7.17. The molecule has 128 valence electrons.